The molecular formula is C15H23N5O2. The molecule has 0 bridgehead atoms. The molecule has 1 amide bonds. The molecule has 120 valence electrons. The van der Waals surface area contributed by atoms with Crippen LogP contribution in [0.2, 0.25) is 0 Å². The summed E-state index contributed by atoms with van der Waals surface area (Å²) in [7, 11) is 0. The van der Waals surface area contributed by atoms with Crippen molar-refractivity contribution in [3.8, 4) is 0 Å². The fourth-order valence-electron chi connectivity index (χ4n) is 2.94. The first-order valence-corrected chi connectivity index (χ1v) is 7.86. The van der Waals surface area contributed by atoms with E-state index in [4.69, 9.17) is 4.74 Å². The SMILES string of the molecule is CC1CN(CC(=O)N2CCN(c3ncccn3)CC2)CCO1. The maximum atomic E-state index is 12.4. The molecule has 0 aromatic carbocycles. The molecule has 0 saturated carbocycles. The van der Waals surface area contributed by atoms with Crippen molar-refractivity contribution in [1.82, 2.24) is 19.8 Å². The van der Waals surface area contributed by atoms with E-state index in [1.807, 2.05) is 11.0 Å². The van der Waals surface area contributed by atoms with Gasteiger partial charge in [0.2, 0.25) is 11.9 Å². The third-order valence-electron chi connectivity index (χ3n) is 4.15. The maximum Gasteiger partial charge on any atom is 0.236 e. The van der Waals surface area contributed by atoms with Crippen LogP contribution in [-0.4, -0.2) is 84.2 Å². The number of piperazine rings is 1. The molecule has 7 nitrogen and oxygen atoms in total. The van der Waals surface area contributed by atoms with E-state index in [2.05, 4.69) is 26.7 Å². The summed E-state index contributed by atoms with van der Waals surface area (Å²) in [5, 5.41) is 0. The van der Waals surface area contributed by atoms with Crippen molar-refractivity contribution in [2.45, 2.75) is 13.0 Å². The van der Waals surface area contributed by atoms with Crippen LogP contribution in [0.1, 0.15) is 6.92 Å². The zero-order valence-electron chi connectivity index (χ0n) is 13.0. The average Bonchev–Trinajstić information content (AvgIpc) is 2.56. The molecule has 7 heteroatoms. The lowest BCUT2D eigenvalue weighted by Gasteiger charge is -2.37. The van der Waals surface area contributed by atoms with Gasteiger partial charge in [0, 0.05) is 51.7 Å². The number of rotatable bonds is 3. The van der Waals surface area contributed by atoms with Crippen LogP contribution >= 0.6 is 0 Å². The number of amides is 1. The molecule has 2 saturated heterocycles. The number of hydrogen-bond acceptors (Lipinski definition) is 6. The Morgan fingerprint density at radius 1 is 1.23 bits per heavy atom. The molecule has 1 unspecified atom stereocenters. The third kappa shape index (κ3) is 3.72. The Morgan fingerprint density at radius 2 is 1.95 bits per heavy atom. The number of aromatic nitrogens is 2. The Kier molecular flexibility index (Phi) is 4.84. The van der Waals surface area contributed by atoms with Gasteiger partial charge in [-0.1, -0.05) is 0 Å². The lowest BCUT2D eigenvalue weighted by atomic mass is 10.2. The summed E-state index contributed by atoms with van der Waals surface area (Å²) in [5.74, 6) is 0.958. The van der Waals surface area contributed by atoms with Crippen LogP contribution < -0.4 is 4.90 Å². The Bertz CT molecular complexity index is 490. The van der Waals surface area contributed by atoms with Crippen molar-refractivity contribution in [1.29, 1.82) is 0 Å². The van der Waals surface area contributed by atoms with E-state index in [9.17, 15) is 4.79 Å². The highest BCUT2D eigenvalue weighted by Gasteiger charge is 2.25. The van der Waals surface area contributed by atoms with Crippen LogP contribution in [0.5, 0.6) is 0 Å². The zero-order valence-corrected chi connectivity index (χ0v) is 13.0. The van der Waals surface area contributed by atoms with Crippen LogP contribution in [-0.2, 0) is 9.53 Å². The highest BCUT2D eigenvalue weighted by molar-refractivity contribution is 5.78. The van der Waals surface area contributed by atoms with Crippen LogP contribution in [0.25, 0.3) is 0 Å². The Morgan fingerprint density at radius 3 is 2.64 bits per heavy atom. The predicted octanol–water partition coefficient (Wildman–Crippen LogP) is -0.154. The molecule has 22 heavy (non-hydrogen) atoms. The molecule has 2 aliphatic rings. The number of anilines is 1. The number of carbonyl (C=O) groups is 1. The van der Waals surface area contributed by atoms with Gasteiger partial charge in [0.1, 0.15) is 0 Å². The smallest absolute Gasteiger partial charge is 0.236 e. The van der Waals surface area contributed by atoms with Crippen LogP contribution in [0.3, 0.4) is 0 Å². The van der Waals surface area contributed by atoms with E-state index in [0.29, 0.717) is 13.2 Å². The van der Waals surface area contributed by atoms with E-state index in [1.54, 1.807) is 12.4 Å². The van der Waals surface area contributed by atoms with Gasteiger partial charge < -0.3 is 14.5 Å². The minimum absolute atomic E-state index is 0.211. The maximum absolute atomic E-state index is 12.4. The van der Waals surface area contributed by atoms with Crippen molar-refractivity contribution >= 4 is 11.9 Å². The van der Waals surface area contributed by atoms with Gasteiger partial charge >= 0.3 is 0 Å². The summed E-state index contributed by atoms with van der Waals surface area (Å²) >= 11 is 0. The molecule has 3 rings (SSSR count). The molecule has 2 aliphatic heterocycles. The van der Waals surface area contributed by atoms with Gasteiger partial charge in [0.05, 0.1) is 19.3 Å². The quantitative estimate of drug-likeness (QED) is 0.774. The van der Waals surface area contributed by atoms with Crippen LogP contribution in [0.15, 0.2) is 18.5 Å². The normalized spacial score (nSPS) is 23.6. The number of nitrogens with zero attached hydrogens (tertiary/aromatic N) is 5. The molecule has 0 radical (unpaired) electrons. The summed E-state index contributed by atoms with van der Waals surface area (Å²) in [6, 6.07) is 1.81. The summed E-state index contributed by atoms with van der Waals surface area (Å²) in [6.45, 7) is 7.98. The Labute approximate surface area is 130 Å². The zero-order chi connectivity index (χ0) is 15.4. The van der Waals surface area contributed by atoms with E-state index in [1.165, 1.54) is 0 Å². The minimum atomic E-state index is 0.211. The monoisotopic (exact) mass is 305 g/mol. The van der Waals surface area contributed by atoms with Crippen molar-refractivity contribution in [2.24, 2.45) is 0 Å². The lowest BCUT2D eigenvalue weighted by Crippen LogP contribution is -2.53. The molecule has 1 aromatic rings. The highest BCUT2D eigenvalue weighted by Crippen LogP contribution is 2.11. The van der Waals surface area contributed by atoms with E-state index in [-0.39, 0.29) is 12.0 Å². The van der Waals surface area contributed by atoms with Gasteiger partial charge in [0.15, 0.2) is 0 Å². The van der Waals surface area contributed by atoms with E-state index >= 15 is 0 Å². The fourth-order valence-corrected chi connectivity index (χ4v) is 2.94. The highest BCUT2D eigenvalue weighted by atomic mass is 16.5. The van der Waals surface area contributed by atoms with Crippen molar-refractivity contribution in [2.75, 3.05) is 57.3 Å². The molecule has 1 atom stereocenters. The number of ether oxygens (including phenoxy) is 1. The molecule has 0 N–H and O–H groups in total. The van der Waals surface area contributed by atoms with Crippen molar-refractivity contribution in [3.63, 3.8) is 0 Å². The first-order valence-electron chi connectivity index (χ1n) is 7.86. The molecule has 0 spiro atoms. The fraction of sp³-hybridized carbons (Fsp3) is 0.667. The van der Waals surface area contributed by atoms with Gasteiger partial charge in [-0.25, -0.2) is 9.97 Å². The Hall–Kier alpha value is -1.73. The van der Waals surface area contributed by atoms with Gasteiger partial charge in [-0.2, -0.15) is 0 Å². The summed E-state index contributed by atoms with van der Waals surface area (Å²) in [6.07, 6.45) is 3.72. The largest absolute Gasteiger partial charge is 0.376 e. The molecular weight excluding hydrogens is 282 g/mol. The first kappa shape index (κ1) is 15.2. The van der Waals surface area contributed by atoms with Crippen molar-refractivity contribution < 1.29 is 9.53 Å². The summed E-state index contributed by atoms with van der Waals surface area (Å²) in [4.78, 5) is 27.2. The predicted molar refractivity (Wildman–Crippen MR) is 82.7 cm³/mol. The second kappa shape index (κ2) is 7.02. The number of carbonyl (C=O) groups excluding carboxylic acids is 1. The standard InChI is InChI=1S/C15H23N5O2/c1-13-11-18(9-10-22-13)12-14(21)19-5-7-20(8-6-19)15-16-3-2-4-17-15/h2-4,13H,5-12H2,1H3. The van der Waals surface area contributed by atoms with Gasteiger partial charge in [0.25, 0.3) is 0 Å². The third-order valence-corrected chi connectivity index (χ3v) is 4.15. The molecule has 0 aliphatic carbocycles. The van der Waals surface area contributed by atoms with E-state index in [0.717, 1.165) is 45.2 Å². The topological polar surface area (TPSA) is 61.8 Å². The second-order valence-electron chi connectivity index (χ2n) is 5.83. The Balaban J connectivity index is 1.47. The average molecular weight is 305 g/mol. The van der Waals surface area contributed by atoms with E-state index < -0.39 is 0 Å². The molecule has 3 heterocycles. The van der Waals surface area contributed by atoms with Crippen molar-refractivity contribution in [3.05, 3.63) is 18.5 Å². The second-order valence-corrected chi connectivity index (χ2v) is 5.83. The lowest BCUT2D eigenvalue weighted by molar-refractivity contribution is -0.134. The van der Waals surface area contributed by atoms with Gasteiger partial charge in [-0.3, -0.25) is 9.69 Å². The minimum Gasteiger partial charge on any atom is -0.376 e. The number of hydrogen-bond donors (Lipinski definition) is 0. The summed E-state index contributed by atoms with van der Waals surface area (Å²) < 4.78 is 5.51. The van der Waals surface area contributed by atoms with Crippen LogP contribution in [0, 0.1) is 0 Å². The van der Waals surface area contributed by atoms with Gasteiger partial charge in [-0.05, 0) is 13.0 Å². The molecule has 2 fully saturated rings. The van der Waals surface area contributed by atoms with Gasteiger partial charge in [-0.15, -0.1) is 0 Å². The molecule has 1 aromatic heterocycles. The first-order chi connectivity index (χ1) is 10.7. The summed E-state index contributed by atoms with van der Waals surface area (Å²) in [5.41, 5.74) is 0. The van der Waals surface area contributed by atoms with Crippen LogP contribution in [0.4, 0.5) is 5.95 Å². The number of morpholine rings is 1.